The van der Waals surface area contributed by atoms with Crippen molar-refractivity contribution in [2.45, 2.75) is 106 Å². The third-order valence-corrected chi connectivity index (χ3v) is 15.0. The number of fused-ring (bicyclic) bond motifs is 1. The fourth-order valence-corrected chi connectivity index (χ4v) is 10.9. The van der Waals surface area contributed by atoms with Crippen molar-refractivity contribution in [3.8, 4) is 0 Å². The van der Waals surface area contributed by atoms with E-state index in [-0.39, 0.29) is 62.7 Å². The van der Waals surface area contributed by atoms with Gasteiger partial charge in [-0.25, -0.2) is 0 Å². The maximum absolute atomic E-state index is 14.7. The maximum atomic E-state index is 14.7. The molecule has 420 valence electrons. The molecule has 0 aromatic heterocycles. The van der Waals surface area contributed by atoms with Crippen LogP contribution in [0.1, 0.15) is 56.1 Å². The number of nitrogens with two attached hydrogens (primary N) is 6. The lowest BCUT2D eigenvalue weighted by Crippen LogP contribution is -2.61. The van der Waals surface area contributed by atoms with E-state index in [1.165, 1.54) is 4.90 Å². The molecule has 2 saturated heterocycles. The average Bonchev–Trinajstić information content (AvgIpc) is 3.91. The van der Waals surface area contributed by atoms with Gasteiger partial charge in [-0.3, -0.25) is 57.7 Å². The smallest absolute Gasteiger partial charge is 0.246 e. The zero-order valence-electron chi connectivity index (χ0n) is 42.6. The number of nitrogens with one attached hydrogen (secondary N) is 7. The Kier molecular flexibility index (Phi) is 23.5. The average molecular weight is 1120 g/mol. The van der Waals surface area contributed by atoms with Crippen LogP contribution >= 0.6 is 21.6 Å². The molecule has 5 rings (SSSR count). The van der Waals surface area contributed by atoms with Crippen LogP contribution < -0.4 is 71.6 Å². The molecular formula is C50H67N15O11S2. The molecule has 0 unspecified atom stereocenters. The van der Waals surface area contributed by atoms with Crippen LogP contribution in [0.15, 0.2) is 77.8 Å². The summed E-state index contributed by atoms with van der Waals surface area (Å²) >= 11 is 0. The van der Waals surface area contributed by atoms with Gasteiger partial charge in [0.05, 0.1) is 19.0 Å². The monoisotopic (exact) mass is 1120 g/mol. The molecule has 0 bridgehead atoms. The molecular weight excluding hydrogens is 1050 g/mol. The van der Waals surface area contributed by atoms with E-state index in [1.54, 1.807) is 42.5 Å². The highest BCUT2D eigenvalue weighted by Gasteiger charge is 2.41. The molecule has 0 spiro atoms. The number of primary amides is 3. The summed E-state index contributed by atoms with van der Waals surface area (Å²) in [6.45, 7) is -0.424. The zero-order chi connectivity index (χ0) is 56.9. The summed E-state index contributed by atoms with van der Waals surface area (Å²) in [5, 5.41) is 19.7. The van der Waals surface area contributed by atoms with E-state index < -0.39 is 139 Å². The van der Waals surface area contributed by atoms with Gasteiger partial charge in [-0.1, -0.05) is 94.4 Å². The molecule has 19 N–H and O–H groups in total. The van der Waals surface area contributed by atoms with Gasteiger partial charge in [0, 0.05) is 43.9 Å². The van der Waals surface area contributed by atoms with Crippen LogP contribution in [-0.4, -0.2) is 155 Å². The van der Waals surface area contributed by atoms with Gasteiger partial charge in [0.1, 0.15) is 42.3 Å². The largest absolute Gasteiger partial charge is 0.370 e. The topological polar surface area (TPSA) is 444 Å². The van der Waals surface area contributed by atoms with Gasteiger partial charge in [0.15, 0.2) is 5.96 Å². The second-order valence-electron chi connectivity index (χ2n) is 18.6. The fraction of sp³-hybridized carbons (Fsp3) is 0.440. The first kappa shape index (κ1) is 60.9. The van der Waals surface area contributed by atoms with E-state index >= 15 is 0 Å². The van der Waals surface area contributed by atoms with Crippen LogP contribution in [0, 0.1) is 0 Å². The molecule has 0 aliphatic carbocycles. The van der Waals surface area contributed by atoms with Crippen molar-refractivity contribution in [2.24, 2.45) is 39.4 Å². The number of nitrogens with zero attached hydrogens (tertiary/aromatic N) is 2. The van der Waals surface area contributed by atoms with Crippen molar-refractivity contribution < 1.29 is 52.7 Å². The lowest BCUT2D eigenvalue weighted by molar-refractivity contribution is -0.142. The molecule has 2 fully saturated rings. The van der Waals surface area contributed by atoms with Crippen LogP contribution in [0.5, 0.6) is 0 Å². The summed E-state index contributed by atoms with van der Waals surface area (Å²) in [7, 11) is 2.05. The van der Waals surface area contributed by atoms with Gasteiger partial charge >= 0.3 is 0 Å². The van der Waals surface area contributed by atoms with Crippen molar-refractivity contribution in [3.63, 3.8) is 0 Å². The normalized spacial score (nSPS) is 22.2. The molecule has 2 heterocycles. The van der Waals surface area contributed by atoms with Gasteiger partial charge in [0.25, 0.3) is 0 Å². The second-order valence-corrected chi connectivity index (χ2v) is 21.1. The van der Waals surface area contributed by atoms with E-state index in [1.807, 2.05) is 30.3 Å². The molecule has 26 nitrogen and oxygen atoms in total. The highest BCUT2D eigenvalue weighted by Crippen LogP contribution is 2.26. The summed E-state index contributed by atoms with van der Waals surface area (Å²) in [6.07, 6.45) is -1.21. The second kappa shape index (κ2) is 30.1. The Bertz CT molecular complexity index is 2710. The van der Waals surface area contributed by atoms with Crippen LogP contribution in [0.25, 0.3) is 10.8 Å². The summed E-state index contributed by atoms with van der Waals surface area (Å²) < 4.78 is 0. The molecule has 0 radical (unpaired) electrons. The quantitative estimate of drug-likeness (QED) is 0.0236. The Balaban J connectivity index is 1.49. The number of carbonyl (C=O) groups excluding carboxylic acids is 11. The van der Waals surface area contributed by atoms with Gasteiger partial charge in [-0.2, -0.15) is 0 Å². The molecule has 2 aliphatic heterocycles. The number of carbonyl (C=O) groups is 11. The highest BCUT2D eigenvalue weighted by molar-refractivity contribution is 8.76. The number of amides is 11. The molecule has 11 amide bonds. The minimum Gasteiger partial charge on any atom is -0.370 e. The first-order valence-electron chi connectivity index (χ1n) is 25.0. The van der Waals surface area contributed by atoms with E-state index in [9.17, 15) is 52.7 Å². The van der Waals surface area contributed by atoms with E-state index in [2.05, 4.69) is 42.2 Å². The predicted molar refractivity (Wildman–Crippen MR) is 291 cm³/mol. The molecule has 28 heteroatoms. The van der Waals surface area contributed by atoms with Crippen LogP contribution in [0.2, 0.25) is 0 Å². The number of aliphatic imine (C=N–C) groups is 1. The SMILES string of the molecule is NC(=O)CC[C@@H]1NC(=O)[C@H](Cc2ccccc2)NC(=O)[C@@H](Cc2cccc3ccccc23)NC(=O)[C@@H](N)CSSC[C@@H](C(=O)N2CCC[C@H]2C(=O)N[C@@H](CCCN=C(N)N)C(=O)NCC(N)=O)NC(=O)[C@H](CC(N)=O)NC1=O. The maximum Gasteiger partial charge on any atom is 0.246 e. The van der Waals surface area contributed by atoms with Crippen molar-refractivity contribution in [3.05, 3.63) is 83.9 Å². The fourth-order valence-electron chi connectivity index (χ4n) is 8.62. The van der Waals surface area contributed by atoms with Gasteiger partial charge in [0.2, 0.25) is 65.0 Å². The Morgan fingerprint density at radius 1 is 0.679 bits per heavy atom. The summed E-state index contributed by atoms with van der Waals surface area (Å²) in [6, 6.07) is 10.1. The number of hydrogen-bond donors (Lipinski definition) is 13. The molecule has 2 aliphatic rings. The number of hydrogen-bond acceptors (Lipinski definition) is 15. The van der Waals surface area contributed by atoms with Gasteiger partial charge in [-0.05, 0) is 54.0 Å². The summed E-state index contributed by atoms with van der Waals surface area (Å²) in [4.78, 5) is 155. The molecule has 3 aromatic rings. The molecule has 78 heavy (non-hydrogen) atoms. The molecule has 8 atom stereocenters. The van der Waals surface area contributed by atoms with E-state index in [0.717, 1.165) is 32.4 Å². The van der Waals surface area contributed by atoms with Crippen LogP contribution in [0.4, 0.5) is 0 Å². The van der Waals surface area contributed by atoms with E-state index in [4.69, 9.17) is 34.4 Å². The van der Waals surface area contributed by atoms with Crippen molar-refractivity contribution in [2.75, 3.05) is 31.1 Å². The first-order chi connectivity index (χ1) is 37.2. The summed E-state index contributed by atoms with van der Waals surface area (Å²) in [5.41, 5.74) is 34.8. The van der Waals surface area contributed by atoms with Crippen LogP contribution in [0.3, 0.4) is 0 Å². The highest BCUT2D eigenvalue weighted by atomic mass is 33.1. The number of rotatable bonds is 19. The van der Waals surface area contributed by atoms with Gasteiger partial charge < -0.3 is 76.5 Å². The Labute approximate surface area is 457 Å². The number of benzene rings is 3. The van der Waals surface area contributed by atoms with Crippen LogP contribution in [-0.2, 0) is 65.6 Å². The predicted octanol–water partition coefficient (Wildman–Crippen LogP) is -3.96. The standard InChI is InChI=1S/C50H67N15O11S2/c51-31-25-77-78-26-37(49(76)65-20-8-16-38(65)48(75)60-32(15-7-19-57-50(55)56)43(70)58-24-41(54)68)64-47(74)36(23-40(53)67)63-44(71)33(17-18-39(52)66)59-45(72)34(21-27-9-2-1-3-10-27)62-46(73)35(61-42(31)69)22-29-13-6-12-28-11-4-5-14-30(28)29/h1-6,9-14,31-38H,7-8,15-26,51H2,(H2,52,66)(H2,53,67)(H2,54,68)(H,58,70)(H,59,72)(H,60,75)(H,61,69)(H,62,73)(H,63,71)(H,64,74)(H4,55,56,57)/t31-,32-,33-,34-,35+,36-,37-,38-/m0/s1. The zero-order valence-corrected chi connectivity index (χ0v) is 44.2. The molecule has 3 aromatic carbocycles. The lowest BCUT2D eigenvalue weighted by Gasteiger charge is -2.31. The van der Waals surface area contributed by atoms with Crippen molar-refractivity contribution in [1.29, 1.82) is 0 Å². The minimum absolute atomic E-state index is 0.00680. The number of guanidine groups is 1. The van der Waals surface area contributed by atoms with Gasteiger partial charge in [-0.15, -0.1) is 0 Å². The van der Waals surface area contributed by atoms with Crippen molar-refractivity contribution >= 4 is 103 Å². The third kappa shape index (κ3) is 18.9. The Morgan fingerprint density at radius 2 is 1.29 bits per heavy atom. The molecule has 0 saturated carbocycles. The summed E-state index contributed by atoms with van der Waals surface area (Å²) in [5.74, 6) is -10.2. The third-order valence-electron chi connectivity index (χ3n) is 12.6. The Hall–Kier alpha value is -7.98. The minimum atomic E-state index is -1.79. The first-order valence-corrected chi connectivity index (χ1v) is 27.5. The Morgan fingerprint density at radius 3 is 1.99 bits per heavy atom. The number of likely N-dealkylation sites (tertiary alicyclic amines) is 1. The lowest BCUT2D eigenvalue weighted by atomic mass is 9.97. The van der Waals surface area contributed by atoms with Crippen molar-refractivity contribution in [1.82, 2.24) is 42.1 Å². The van der Waals surface area contributed by atoms with E-state index in [0.29, 0.717) is 17.5 Å².